The topological polar surface area (TPSA) is 67.5 Å². The molecule has 5 nitrogen and oxygen atoms in total. The molecule has 1 aromatic heterocycles. The maximum absolute atomic E-state index is 13.0. The van der Waals surface area contributed by atoms with Crippen molar-refractivity contribution >= 4 is 11.5 Å². The molecule has 2 rings (SSSR count). The first-order chi connectivity index (χ1) is 8.63. The number of benzene rings is 1. The molecule has 0 radical (unpaired) electrons. The highest BCUT2D eigenvalue weighted by molar-refractivity contribution is 6.50. The second-order valence-corrected chi connectivity index (χ2v) is 3.65. The van der Waals surface area contributed by atoms with Crippen molar-refractivity contribution in [3.05, 3.63) is 53.9 Å². The molecule has 6 heteroatoms. The van der Waals surface area contributed by atoms with Crippen LogP contribution in [-0.2, 0) is 7.05 Å². The van der Waals surface area contributed by atoms with Gasteiger partial charge in [0.15, 0.2) is 11.5 Å². The molecule has 0 unspecified atom stereocenters. The molecule has 0 saturated carbocycles. The van der Waals surface area contributed by atoms with Gasteiger partial charge >= 0.3 is 0 Å². The average molecular weight is 247 g/mol. The fourth-order valence-corrected chi connectivity index (χ4v) is 1.55. The molecule has 0 bridgehead atoms. The van der Waals surface area contributed by atoms with Crippen molar-refractivity contribution in [3.63, 3.8) is 0 Å². The van der Waals surface area contributed by atoms with Crippen LogP contribution in [0.3, 0.4) is 0 Å². The van der Waals surface area contributed by atoms with E-state index in [4.69, 9.17) is 5.21 Å². The van der Waals surface area contributed by atoms with Crippen LogP contribution in [0.1, 0.15) is 16.2 Å². The standard InChI is InChI=1S/C12H10FN3O2/c1-16-6-5-14-12(16)10(15-18)11(17)8-3-2-4-9(13)7-8/h2-7,18H,1H3/b15-10-. The molecule has 0 aliphatic heterocycles. The number of aryl methyl sites for hydroxylation is 1. The van der Waals surface area contributed by atoms with Crippen molar-refractivity contribution in [1.82, 2.24) is 9.55 Å². The molecule has 18 heavy (non-hydrogen) atoms. The number of hydrogen-bond donors (Lipinski definition) is 1. The summed E-state index contributed by atoms with van der Waals surface area (Å²) in [6.07, 6.45) is 3.08. The summed E-state index contributed by atoms with van der Waals surface area (Å²) in [5.41, 5.74) is -0.126. The average Bonchev–Trinajstić information content (AvgIpc) is 2.77. The van der Waals surface area contributed by atoms with E-state index in [2.05, 4.69) is 10.1 Å². The SMILES string of the molecule is Cn1ccnc1/C(=N\O)C(=O)c1cccc(F)c1. The minimum atomic E-state index is -0.591. The van der Waals surface area contributed by atoms with Gasteiger partial charge in [0.1, 0.15) is 5.82 Å². The van der Waals surface area contributed by atoms with Crippen LogP contribution in [0.15, 0.2) is 41.8 Å². The maximum atomic E-state index is 13.0. The number of Topliss-reactive ketones (excluding diaryl/α,β-unsaturated/α-hetero) is 1. The van der Waals surface area contributed by atoms with Crippen molar-refractivity contribution < 1.29 is 14.4 Å². The van der Waals surface area contributed by atoms with E-state index in [0.29, 0.717) is 0 Å². The molecule has 0 atom stereocenters. The number of imidazole rings is 1. The Bertz CT molecular complexity index is 619. The second-order valence-electron chi connectivity index (χ2n) is 3.65. The number of oxime groups is 1. The first kappa shape index (κ1) is 12.0. The van der Waals surface area contributed by atoms with Gasteiger partial charge in [0, 0.05) is 25.0 Å². The van der Waals surface area contributed by atoms with E-state index in [1.165, 1.54) is 29.0 Å². The first-order valence-corrected chi connectivity index (χ1v) is 5.13. The summed E-state index contributed by atoms with van der Waals surface area (Å²) >= 11 is 0. The van der Waals surface area contributed by atoms with Crippen LogP contribution in [0.2, 0.25) is 0 Å². The lowest BCUT2D eigenvalue weighted by Crippen LogP contribution is -2.20. The number of halogens is 1. The fraction of sp³-hybridized carbons (Fsp3) is 0.0833. The summed E-state index contributed by atoms with van der Waals surface area (Å²) in [7, 11) is 1.66. The van der Waals surface area contributed by atoms with Crippen molar-refractivity contribution in [3.8, 4) is 0 Å². The second kappa shape index (κ2) is 4.79. The van der Waals surface area contributed by atoms with Gasteiger partial charge in [-0.05, 0) is 12.1 Å². The third-order valence-corrected chi connectivity index (χ3v) is 2.43. The van der Waals surface area contributed by atoms with E-state index in [-0.39, 0.29) is 17.1 Å². The molecular formula is C12H10FN3O2. The molecule has 2 aromatic rings. The number of carbonyl (C=O) groups excluding carboxylic acids is 1. The van der Waals surface area contributed by atoms with Gasteiger partial charge in [-0.2, -0.15) is 0 Å². The van der Waals surface area contributed by atoms with Crippen LogP contribution in [0.25, 0.3) is 0 Å². The van der Waals surface area contributed by atoms with Crippen molar-refractivity contribution in [1.29, 1.82) is 0 Å². The van der Waals surface area contributed by atoms with E-state index in [1.54, 1.807) is 13.2 Å². The zero-order valence-corrected chi connectivity index (χ0v) is 9.54. The molecule has 1 heterocycles. The predicted octanol–water partition coefficient (Wildman–Crippen LogP) is 1.62. The molecule has 0 fully saturated rings. The van der Waals surface area contributed by atoms with Gasteiger partial charge in [-0.1, -0.05) is 17.3 Å². The zero-order valence-electron chi connectivity index (χ0n) is 9.54. The van der Waals surface area contributed by atoms with Gasteiger partial charge in [-0.25, -0.2) is 9.37 Å². The lowest BCUT2D eigenvalue weighted by Gasteiger charge is -2.04. The third kappa shape index (κ3) is 2.13. The molecule has 0 saturated heterocycles. The van der Waals surface area contributed by atoms with Crippen LogP contribution in [0.5, 0.6) is 0 Å². The van der Waals surface area contributed by atoms with Crippen LogP contribution >= 0.6 is 0 Å². The summed E-state index contributed by atoms with van der Waals surface area (Å²) in [6.45, 7) is 0. The molecule has 0 aliphatic rings. The summed E-state index contributed by atoms with van der Waals surface area (Å²) in [6, 6.07) is 5.17. The summed E-state index contributed by atoms with van der Waals surface area (Å²) in [5, 5.41) is 11.9. The molecule has 0 aliphatic carbocycles. The van der Waals surface area contributed by atoms with Gasteiger partial charge < -0.3 is 9.77 Å². The van der Waals surface area contributed by atoms with Gasteiger partial charge in [0.05, 0.1) is 0 Å². The monoisotopic (exact) mass is 247 g/mol. The Morgan fingerprint density at radius 3 is 2.83 bits per heavy atom. The molecular weight excluding hydrogens is 237 g/mol. The van der Waals surface area contributed by atoms with Crippen LogP contribution in [0.4, 0.5) is 4.39 Å². The van der Waals surface area contributed by atoms with E-state index in [9.17, 15) is 9.18 Å². The lowest BCUT2D eigenvalue weighted by atomic mass is 10.1. The quantitative estimate of drug-likeness (QED) is 0.388. The first-order valence-electron chi connectivity index (χ1n) is 5.13. The molecule has 0 spiro atoms. The Balaban J connectivity index is 2.42. The zero-order chi connectivity index (χ0) is 13.1. The third-order valence-electron chi connectivity index (χ3n) is 2.43. The van der Waals surface area contributed by atoms with E-state index in [0.717, 1.165) is 6.07 Å². The number of ketones is 1. The Hall–Kier alpha value is -2.50. The van der Waals surface area contributed by atoms with Gasteiger partial charge in [0.25, 0.3) is 0 Å². The van der Waals surface area contributed by atoms with E-state index < -0.39 is 11.6 Å². The Morgan fingerprint density at radius 1 is 1.50 bits per heavy atom. The maximum Gasteiger partial charge on any atom is 0.218 e. The van der Waals surface area contributed by atoms with Crippen molar-refractivity contribution in [2.24, 2.45) is 12.2 Å². The highest BCUT2D eigenvalue weighted by Gasteiger charge is 2.20. The minimum absolute atomic E-state index is 0.103. The molecule has 92 valence electrons. The van der Waals surface area contributed by atoms with Crippen molar-refractivity contribution in [2.45, 2.75) is 0 Å². The van der Waals surface area contributed by atoms with Crippen LogP contribution in [0, 0.1) is 5.82 Å². The number of aromatic nitrogens is 2. The highest BCUT2D eigenvalue weighted by atomic mass is 19.1. The number of nitrogens with zero attached hydrogens (tertiary/aromatic N) is 3. The number of rotatable bonds is 3. The largest absolute Gasteiger partial charge is 0.410 e. The van der Waals surface area contributed by atoms with Gasteiger partial charge in [-0.15, -0.1) is 0 Å². The van der Waals surface area contributed by atoms with Crippen LogP contribution < -0.4 is 0 Å². The van der Waals surface area contributed by atoms with Crippen LogP contribution in [-0.4, -0.2) is 26.3 Å². The molecule has 1 N–H and O–H groups in total. The fourth-order valence-electron chi connectivity index (χ4n) is 1.55. The highest BCUT2D eigenvalue weighted by Crippen LogP contribution is 2.09. The molecule has 1 aromatic carbocycles. The Morgan fingerprint density at radius 2 is 2.28 bits per heavy atom. The normalized spacial score (nSPS) is 11.6. The minimum Gasteiger partial charge on any atom is -0.410 e. The molecule has 0 amide bonds. The summed E-state index contributed by atoms with van der Waals surface area (Å²) in [5.74, 6) is -0.906. The predicted molar refractivity (Wildman–Crippen MR) is 62.3 cm³/mol. The lowest BCUT2D eigenvalue weighted by molar-refractivity contribution is 0.106. The van der Waals surface area contributed by atoms with E-state index >= 15 is 0 Å². The van der Waals surface area contributed by atoms with Crippen molar-refractivity contribution in [2.75, 3.05) is 0 Å². The summed E-state index contributed by atoms with van der Waals surface area (Å²) in [4.78, 5) is 16.0. The smallest absolute Gasteiger partial charge is 0.218 e. The number of hydrogen-bond acceptors (Lipinski definition) is 4. The van der Waals surface area contributed by atoms with Gasteiger partial charge in [0.2, 0.25) is 5.78 Å². The Kier molecular flexibility index (Phi) is 3.18. The number of carbonyl (C=O) groups is 1. The van der Waals surface area contributed by atoms with Gasteiger partial charge in [-0.3, -0.25) is 4.79 Å². The van der Waals surface area contributed by atoms with E-state index in [1.807, 2.05) is 0 Å². The Labute approximate surface area is 102 Å². The summed E-state index contributed by atoms with van der Waals surface area (Å²) < 4.78 is 14.6.